The highest BCUT2D eigenvalue weighted by atomic mass is 16.5. The molecule has 5 N–H and O–H groups in total. The van der Waals surface area contributed by atoms with Crippen molar-refractivity contribution in [3.63, 3.8) is 0 Å². The number of aliphatic hydroxyl groups is 2. The molecule has 1 saturated heterocycles. The summed E-state index contributed by atoms with van der Waals surface area (Å²) < 4.78 is 7.63. The number of aliphatic hydroxyl groups excluding tert-OH is 2. The molecule has 158 valence electrons. The van der Waals surface area contributed by atoms with Gasteiger partial charge in [0.1, 0.15) is 5.82 Å². The summed E-state index contributed by atoms with van der Waals surface area (Å²) in [5, 5.41) is 23.3. The number of piperazine rings is 1. The van der Waals surface area contributed by atoms with Crippen LogP contribution >= 0.6 is 0 Å². The summed E-state index contributed by atoms with van der Waals surface area (Å²) in [5.74, 6) is 1.78. The molecule has 0 aromatic carbocycles. The second kappa shape index (κ2) is 7.40. The number of hydrogen-bond acceptors (Lipinski definition) is 11. The number of nitrogens with zero attached hydrogens (tertiary/aromatic N) is 7. The lowest BCUT2D eigenvalue weighted by atomic mass is 10.0. The van der Waals surface area contributed by atoms with E-state index in [-0.39, 0.29) is 19.2 Å². The van der Waals surface area contributed by atoms with Gasteiger partial charge in [0.2, 0.25) is 5.95 Å². The third kappa shape index (κ3) is 2.96. The Labute approximate surface area is 171 Å². The fraction of sp³-hybridized carbons (Fsp3) is 0.500. The Bertz CT molecular complexity index is 1060. The van der Waals surface area contributed by atoms with Crippen LogP contribution in [0.25, 0.3) is 22.6 Å². The molecular weight excluding hydrogens is 390 g/mol. The van der Waals surface area contributed by atoms with Gasteiger partial charge in [-0.2, -0.15) is 0 Å². The second-order valence-electron chi connectivity index (χ2n) is 7.36. The summed E-state index contributed by atoms with van der Waals surface area (Å²) in [4.78, 5) is 24.6. The zero-order valence-corrected chi connectivity index (χ0v) is 16.3. The molecule has 5 rings (SSSR count). The molecule has 1 fully saturated rings. The molecule has 3 aromatic rings. The quantitative estimate of drug-likeness (QED) is 0.393. The van der Waals surface area contributed by atoms with Gasteiger partial charge in [-0.3, -0.25) is 0 Å². The lowest BCUT2D eigenvalue weighted by molar-refractivity contribution is -0.136. The number of anilines is 2. The van der Waals surface area contributed by atoms with Crippen LogP contribution < -0.4 is 16.0 Å². The summed E-state index contributed by atoms with van der Waals surface area (Å²) in [5.41, 5.74) is 6.22. The smallest absolute Gasteiger partial charge is 0.219 e. The number of nitrogens with one attached hydrogen (secondary N) is 1. The normalized spacial score (nSPS) is 18.5. The molecule has 0 radical (unpaired) electrons. The molecule has 0 spiro atoms. The van der Waals surface area contributed by atoms with Crippen molar-refractivity contribution in [1.29, 1.82) is 0 Å². The highest BCUT2D eigenvalue weighted by Gasteiger charge is 2.41. The maximum Gasteiger partial charge on any atom is 0.219 e. The van der Waals surface area contributed by atoms with Crippen LogP contribution in [-0.4, -0.2) is 85.7 Å². The van der Waals surface area contributed by atoms with Gasteiger partial charge < -0.3 is 35.5 Å². The van der Waals surface area contributed by atoms with Gasteiger partial charge in [0.05, 0.1) is 25.4 Å². The Morgan fingerprint density at radius 2 is 1.80 bits per heavy atom. The maximum atomic E-state index is 9.97. The van der Waals surface area contributed by atoms with Gasteiger partial charge in [-0.1, -0.05) is 0 Å². The Kier molecular flexibility index (Phi) is 4.70. The molecular formula is C18H23N9O3. The van der Waals surface area contributed by atoms with Crippen LogP contribution in [0.3, 0.4) is 0 Å². The van der Waals surface area contributed by atoms with Crippen molar-refractivity contribution in [2.75, 3.05) is 56.6 Å². The summed E-state index contributed by atoms with van der Waals surface area (Å²) in [7, 11) is 0. The molecule has 0 amide bonds. The number of imidazole rings is 1. The van der Waals surface area contributed by atoms with Crippen LogP contribution in [0.4, 0.5) is 11.8 Å². The Morgan fingerprint density at radius 3 is 2.50 bits per heavy atom. The molecule has 12 heteroatoms. The molecule has 2 aliphatic rings. The Hall–Kier alpha value is -2.93. The Balaban J connectivity index is 1.75. The fourth-order valence-electron chi connectivity index (χ4n) is 3.91. The summed E-state index contributed by atoms with van der Waals surface area (Å²) >= 11 is 0. The van der Waals surface area contributed by atoms with Gasteiger partial charge in [0, 0.05) is 45.1 Å². The molecule has 2 aliphatic heterocycles. The van der Waals surface area contributed by atoms with E-state index in [1.807, 2.05) is 4.57 Å². The average Bonchev–Trinajstić information content (AvgIpc) is 3.19. The molecule has 0 saturated carbocycles. The van der Waals surface area contributed by atoms with Gasteiger partial charge in [-0.05, 0) is 0 Å². The zero-order chi connectivity index (χ0) is 20.7. The van der Waals surface area contributed by atoms with Crippen LogP contribution in [-0.2, 0) is 16.9 Å². The molecule has 0 unspecified atom stereocenters. The van der Waals surface area contributed by atoms with E-state index in [9.17, 15) is 10.2 Å². The maximum absolute atomic E-state index is 9.97. The van der Waals surface area contributed by atoms with Gasteiger partial charge in [-0.25, -0.2) is 24.9 Å². The first-order valence-electron chi connectivity index (χ1n) is 9.83. The van der Waals surface area contributed by atoms with Gasteiger partial charge in [0.15, 0.2) is 28.4 Å². The van der Waals surface area contributed by atoms with E-state index in [1.54, 1.807) is 12.4 Å². The Morgan fingerprint density at radius 1 is 1.07 bits per heavy atom. The summed E-state index contributed by atoms with van der Waals surface area (Å²) in [6, 6.07) is 0. The lowest BCUT2D eigenvalue weighted by Gasteiger charge is -2.33. The van der Waals surface area contributed by atoms with Crippen molar-refractivity contribution in [3.05, 3.63) is 18.2 Å². The largest absolute Gasteiger partial charge is 0.393 e. The number of hydrogen-bond donors (Lipinski definition) is 4. The third-order valence-corrected chi connectivity index (χ3v) is 5.53. The summed E-state index contributed by atoms with van der Waals surface area (Å²) in [6.45, 7) is 3.26. The number of nitrogens with two attached hydrogens (primary N) is 1. The van der Waals surface area contributed by atoms with E-state index < -0.39 is 5.60 Å². The SMILES string of the molecule is Nc1ncc(-c2nc(N3CCNCC3)c3nc4n(c3n2)CCOC4(CO)CO)cn1. The number of rotatable bonds is 4. The monoisotopic (exact) mass is 413 g/mol. The van der Waals surface area contributed by atoms with Crippen LogP contribution in [0.5, 0.6) is 0 Å². The van der Waals surface area contributed by atoms with Crippen molar-refractivity contribution >= 4 is 22.9 Å². The van der Waals surface area contributed by atoms with Gasteiger partial charge in [-0.15, -0.1) is 0 Å². The van der Waals surface area contributed by atoms with Crippen LogP contribution in [0.15, 0.2) is 12.4 Å². The van der Waals surface area contributed by atoms with E-state index in [1.165, 1.54) is 0 Å². The lowest BCUT2D eigenvalue weighted by Crippen LogP contribution is -2.44. The average molecular weight is 413 g/mol. The first-order valence-corrected chi connectivity index (χ1v) is 9.83. The number of aromatic nitrogens is 6. The van der Waals surface area contributed by atoms with E-state index in [0.29, 0.717) is 47.3 Å². The number of fused-ring (bicyclic) bond motifs is 3. The van der Waals surface area contributed by atoms with Crippen LogP contribution in [0, 0.1) is 0 Å². The fourth-order valence-corrected chi connectivity index (χ4v) is 3.91. The standard InChI is InChI=1S/C18H23N9O3/c19-17-21-7-11(8-22-17)13-24-14(26-3-1-20-2-4-26)12-15(25-13)27-5-6-30-18(9-28,10-29)16(27)23-12/h7-8,20,28-29H,1-6,9-10H2,(H2,19,21,22). The minimum atomic E-state index is -1.27. The van der Waals surface area contributed by atoms with E-state index in [0.717, 1.165) is 26.2 Å². The third-order valence-electron chi connectivity index (χ3n) is 5.53. The minimum absolute atomic E-state index is 0.178. The second-order valence-corrected chi connectivity index (χ2v) is 7.36. The van der Waals surface area contributed by atoms with Crippen molar-refractivity contribution in [1.82, 2.24) is 34.8 Å². The number of nitrogen functional groups attached to an aromatic ring is 1. The van der Waals surface area contributed by atoms with E-state index in [4.69, 9.17) is 25.4 Å². The van der Waals surface area contributed by atoms with Crippen LogP contribution in [0.1, 0.15) is 5.82 Å². The van der Waals surface area contributed by atoms with E-state index >= 15 is 0 Å². The van der Waals surface area contributed by atoms with Crippen molar-refractivity contribution in [3.8, 4) is 11.4 Å². The predicted octanol–water partition coefficient (Wildman–Crippen LogP) is -1.51. The molecule has 0 aliphatic carbocycles. The molecule has 12 nitrogen and oxygen atoms in total. The first kappa shape index (κ1) is 19.1. The van der Waals surface area contributed by atoms with Gasteiger partial charge >= 0.3 is 0 Å². The first-order chi connectivity index (χ1) is 14.6. The predicted molar refractivity (Wildman–Crippen MR) is 108 cm³/mol. The van der Waals surface area contributed by atoms with Crippen molar-refractivity contribution < 1.29 is 14.9 Å². The van der Waals surface area contributed by atoms with Crippen molar-refractivity contribution in [2.45, 2.75) is 12.1 Å². The molecule has 0 bridgehead atoms. The van der Waals surface area contributed by atoms with Gasteiger partial charge in [0.25, 0.3) is 0 Å². The molecule has 30 heavy (non-hydrogen) atoms. The topological polar surface area (TPSA) is 160 Å². The zero-order valence-electron chi connectivity index (χ0n) is 16.3. The molecule has 3 aromatic heterocycles. The highest BCUT2D eigenvalue weighted by Crippen LogP contribution is 2.35. The van der Waals surface area contributed by atoms with Crippen LogP contribution in [0.2, 0.25) is 0 Å². The highest BCUT2D eigenvalue weighted by molar-refractivity contribution is 5.86. The van der Waals surface area contributed by atoms with Crippen molar-refractivity contribution in [2.24, 2.45) is 0 Å². The molecule has 0 atom stereocenters. The minimum Gasteiger partial charge on any atom is -0.393 e. The molecule has 5 heterocycles. The number of ether oxygens (including phenoxy) is 1. The van der Waals surface area contributed by atoms with E-state index in [2.05, 4.69) is 20.2 Å². The summed E-state index contributed by atoms with van der Waals surface area (Å²) in [6.07, 6.45) is 3.18.